The molecule has 0 radical (unpaired) electrons. The zero-order valence-electron chi connectivity index (χ0n) is 19.5. The molecule has 1 unspecified atom stereocenters. The highest BCUT2D eigenvalue weighted by Gasteiger charge is 2.29. The van der Waals surface area contributed by atoms with Gasteiger partial charge < -0.3 is 21.3 Å². The Labute approximate surface area is 210 Å². The molecule has 0 fully saturated rings. The van der Waals surface area contributed by atoms with E-state index in [0.29, 0.717) is 35.5 Å². The average Bonchev–Trinajstić information content (AvgIpc) is 2.81. The molecule has 3 aromatic carbocycles. The second-order valence-corrected chi connectivity index (χ2v) is 8.09. The van der Waals surface area contributed by atoms with Gasteiger partial charge in [-0.15, -0.1) is 12.4 Å². The summed E-state index contributed by atoms with van der Waals surface area (Å²) in [6, 6.07) is 20.5. The fourth-order valence-corrected chi connectivity index (χ4v) is 3.87. The number of nitrogen functional groups attached to an aromatic ring is 1. The summed E-state index contributed by atoms with van der Waals surface area (Å²) < 4.78 is 0. The Hall–Kier alpha value is -4.11. The minimum absolute atomic E-state index is 0. The topological polar surface area (TPSA) is 143 Å². The first kappa shape index (κ1) is 27.1. The Morgan fingerprint density at radius 2 is 1.66 bits per heavy atom. The monoisotopic (exact) mass is 496 g/mol. The van der Waals surface area contributed by atoms with Crippen LogP contribution in [0.25, 0.3) is 0 Å². The summed E-state index contributed by atoms with van der Waals surface area (Å²) in [5, 5.41) is 19.4. The maximum atomic E-state index is 12.7. The van der Waals surface area contributed by atoms with Gasteiger partial charge in [0, 0.05) is 38.0 Å². The largest absolute Gasteiger partial charge is 0.384 e. The van der Waals surface area contributed by atoms with Gasteiger partial charge in [0.25, 0.3) is 5.69 Å². The molecule has 0 aromatic heterocycles. The standard InChI is InChI=1S/C25H28N6O3.ClH/c1-29(2)21-13-10-19(16-22(21)31(33)34)23(25(28)32)30(15-14-17-6-4-3-5-7-17)20-11-8-18(9-12-20)24(26)27;/h3-13,16,23H,14-15H2,1-2H3,(H3,26,27)(H2,28,32);1H. The van der Waals surface area contributed by atoms with Crippen molar-refractivity contribution < 1.29 is 9.72 Å². The number of halogens is 1. The number of primary amides is 1. The number of nitrogens with one attached hydrogen (secondary N) is 1. The van der Waals surface area contributed by atoms with Crippen LogP contribution in [0.15, 0.2) is 72.8 Å². The van der Waals surface area contributed by atoms with E-state index >= 15 is 0 Å². The number of hydrogen-bond donors (Lipinski definition) is 3. The second-order valence-electron chi connectivity index (χ2n) is 8.09. The lowest BCUT2D eigenvalue weighted by molar-refractivity contribution is -0.384. The normalized spacial score (nSPS) is 11.1. The zero-order valence-corrected chi connectivity index (χ0v) is 20.4. The third-order valence-electron chi connectivity index (χ3n) is 5.57. The number of amides is 1. The zero-order chi connectivity index (χ0) is 24.8. The molecule has 1 atom stereocenters. The van der Waals surface area contributed by atoms with Crippen molar-refractivity contribution in [3.8, 4) is 0 Å². The van der Waals surface area contributed by atoms with Gasteiger partial charge in [0.2, 0.25) is 5.91 Å². The fraction of sp³-hybridized carbons (Fsp3) is 0.200. The van der Waals surface area contributed by atoms with Crippen LogP contribution in [-0.4, -0.2) is 37.3 Å². The van der Waals surface area contributed by atoms with Crippen LogP contribution in [0.3, 0.4) is 0 Å². The van der Waals surface area contributed by atoms with Gasteiger partial charge in [-0.05, 0) is 47.9 Å². The summed E-state index contributed by atoms with van der Waals surface area (Å²) in [4.78, 5) is 27.5. The lowest BCUT2D eigenvalue weighted by Crippen LogP contribution is -2.39. The van der Waals surface area contributed by atoms with Crippen LogP contribution in [0.1, 0.15) is 22.7 Å². The smallest absolute Gasteiger partial charge is 0.292 e. The number of nitrogens with zero attached hydrogens (tertiary/aromatic N) is 3. The highest BCUT2D eigenvalue weighted by molar-refractivity contribution is 5.95. The molecule has 0 aliphatic rings. The summed E-state index contributed by atoms with van der Waals surface area (Å²) >= 11 is 0. The van der Waals surface area contributed by atoms with Crippen LogP contribution in [0.5, 0.6) is 0 Å². The average molecular weight is 497 g/mol. The van der Waals surface area contributed by atoms with Crippen LogP contribution in [0.2, 0.25) is 0 Å². The van der Waals surface area contributed by atoms with Crippen LogP contribution in [0.4, 0.5) is 17.1 Å². The van der Waals surface area contributed by atoms with Crippen LogP contribution >= 0.6 is 12.4 Å². The molecule has 9 nitrogen and oxygen atoms in total. The predicted molar refractivity (Wildman–Crippen MR) is 142 cm³/mol. The van der Waals surface area contributed by atoms with Crippen LogP contribution in [0, 0.1) is 15.5 Å². The van der Waals surface area contributed by atoms with E-state index in [-0.39, 0.29) is 23.9 Å². The first-order chi connectivity index (χ1) is 16.2. The van der Waals surface area contributed by atoms with E-state index in [0.717, 1.165) is 5.56 Å². The van der Waals surface area contributed by atoms with Crippen molar-refractivity contribution in [3.05, 3.63) is 99.6 Å². The SMILES string of the molecule is CN(C)c1ccc(C(C(N)=O)N(CCc2ccccc2)c2ccc(C(=N)N)cc2)cc1[N+](=O)[O-].Cl. The van der Waals surface area contributed by atoms with Gasteiger partial charge in [-0.2, -0.15) is 0 Å². The van der Waals surface area contributed by atoms with Gasteiger partial charge in [-0.1, -0.05) is 36.4 Å². The summed E-state index contributed by atoms with van der Waals surface area (Å²) in [6.07, 6.45) is 0.622. The Kier molecular flexibility index (Phi) is 9.18. The van der Waals surface area contributed by atoms with E-state index in [1.165, 1.54) is 6.07 Å². The van der Waals surface area contributed by atoms with Crippen molar-refractivity contribution in [2.24, 2.45) is 11.5 Å². The van der Waals surface area contributed by atoms with Crippen LogP contribution < -0.4 is 21.3 Å². The molecule has 35 heavy (non-hydrogen) atoms. The quantitative estimate of drug-likeness (QED) is 0.169. The molecule has 0 saturated carbocycles. The third kappa shape index (κ3) is 6.48. The van der Waals surface area contributed by atoms with E-state index in [1.54, 1.807) is 55.4 Å². The number of benzene rings is 3. The predicted octanol–water partition coefficient (Wildman–Crippen LogP) is 3.64. The molecule has 184 valence electrons. The fourth-order valence-electron chi connectivity index (χ4n) is 3.87. The Morgan fingerprint density at radius 1 is 1.03 bits per heavy atom. The highest BCUT2D eigenvalue weighted by Crippen LogP contribution is 2.34. The maximum Gasteiger partial charge on any atom is 0.292 e. The van der Waals surface area contributed by atoms with Crippen LogP contribution in [-0.2, 0) is 11.2 Å². The molecule has 1 amide bonds. The number of nitrogens with two attached hydrogens (primary N) is 2. The lowest BCUT2D eigenvalue weighted by atomic mass is 10.0. The number of carbonyl (C=O) groups is 1. The summed E-state index contributed by atoms with van der Waals surface area (Å²) in [6.45, 7) is 0.431. The molecular weight excluding hydrogens is 468 g/mol. The van der Waals surface area contributed by atoms with E-state index < -0.39 is 16.9 Å². The maximum absolute atomic E-state index is 12.7. The van der Waals surface area contributed by atoms with Crippen molar-refractivity contribution in [2.75, 3.05) is 30.4 Å². The molecule has 5 N–H and O–H groups in total. The van der Waals surface area contributed by atoms with E-state index in [9.17, 15) is 14.9 Å². The number of amidine groups is 1. The van der Waals surface area contributed by atoms with Gasteiger partial charge >= 0.3 is 0 Å². The van der Waals surface area contributed by atoms with Gasteiger partial charge in [0.1, 0.15) is 17.6 Å². The number of nitro benzene ring substituents is 1. The minimum Gasteiger partial charge on any atom is -0.384 e. The third-order valence-corrected chi connectivity index (χ3v) is 5.57. The number of carbonyl (C=O) groups excluding carboxylic acids is 1. The van der Waals surface area contributed by atoms with E-state index in [2.05, 4.69) is 0 Å². The van der Waals surface area contributed by atoms with E-state index in [4.69, 9.17) is 16.9 Å². The molecule has 0 spiro atoms. The van der Waals surface area contributed by atoms with Gasteiger partial charge in [-0.3, -0.25) is 20.3 Å². The summed E-state index contributed by atoms with van der Waals surface area (Å²) in [7, 11) is 3.44. The molecule has 0 aliphatic carbocycles. The second kappa shape index (κ2) is 11.8. The number of rotatable bonds is 10. The van der Waals surface area contributed by atoms with Gasteiger partial charge in [0.15, 0.2) is 0 Å². The Morgan fingerprint density at radius 3 is 2.17 bits per heavy atom. The van der Waals surface area contributed by atoms with Crippen molar-refractivity contribution in [1.82, 2.24) is 0 Å². The molecule has 0 aliphatic heterocycles. The Bertz CT molecular complexity index is 1190. The van der Waals surface area contributed by atoms with Crippen molar-refractivity contribution in [3.63, 3.8) is 0 Å². The highest BCUT2D eigenvalue weighted by atomic mass is 35.5. The molecule has 3 aromatic rings. The van der Waals surface area contributed by atoms with E-state index in [1.807, 2.05) is 35.2 Å². The van der Waals surface area contributed by atoms with Crippen molar-refractivity contribution in [2.45, 2.75) is 12.5 Å². The first-order valence-corrected chi connectivity index (χ1v) is 10.7. The number of hydrogen-bond acceptors (Lipinski definition) is 6. The van der Waals surface area contributed by atoms with Crippen molar-refractivity contribution in [1.29, 1.82) is 5.41 Å². The Balaban J connectivity index is 0.00000432. The number of nitro groups is 1. The molecule has 0 saturated heterocycles. The molecule has 0 heterocycles. The summed E-state index contributed by atoms with van der Waals surface area (Å²) in [5.41, 5.74) is 14.5. The molecule has 10 heteroatoms. The number of anilines is 2. The molecule has 3 rings (SSSR count). The molecular formula is C25H29ClN6O3. The molecule has 0 bridgehead atoms. The summed E-state index contributed by atoms with van der Waals surface area (Å²) in [5.74, 6) is -0.695. The van der Waals surface area contributed by atoms with Crippen molar-refractivity contribution >= 4 is 41.2 Å². The van der Waals surface area contributed by atoms with Gasteiger partial charge in [-0.25, -0.2) is 0 Å². The lowest BCUT2D eigenvalue weighted by Gasteiger charge is -2.32. The minimum atomic E-state index is -0.943. The van der Waals surface area contributed by atoms with Gasteiger partial charge in [0.05, 0.1) is 4.92 Å². The first-order valence-electron chi connectivity index (χ1n) is 10.7.